The predicted molar refractivity (Wildman–Crippen MR) is 64.0 cm³/mol. The molecule has 0 bridgehead atoms. The van der Waals surface area contributed by atoms with Crippen LogP contribution in [0.1, 0.15) is 20.3 Å². The highest BCUT2D eigenvalue weighted by Gasteiger charge is 2.42. The van der Waals surface area contributed by atoms with E-state index in [9.17, 15) is 4.79 Å². The van der Waals surface area contributed by atoms with Gasteiger partial charge in [0.2, 0.25) is 0 Å². The summed E-state index contributed by atoms with van der Waals surface area (Å²) >= 11 is 3.48. The van der Waals surface area contributed by atoms with Gasteiger partial charge in [0.25, 0.3) is 0 Å². The Balaban J connectivity index is 2.58. The fraction of sp³-hybridized carbons (Fsp3) is 0.900. The lowest BCUT2D eigenvalue weighted by molar-refractivity contribution is -0.144. The number of cyclic esters (lactones) is 1. The van der Waals surface area contributed by atoms with Crippen LogP contribution in [0, 0.1) is 5.92 Å². The molecule has 1 rings (SSSR count). The zero-order chi connectivity index (χ0) is 10.8. The van der Waals surface area contributed by atoms with Crippen molar-refractivity contribution in [3.05, 3.63) is 0 Å². The number of rotatable bonds is 4. The molecule has 1 aliphatic rings. The van der Waals surface area contributed by atoms with Crippen molar-refractivity contribution in [1.29, 1.82) is 0 Å². The van der Waals surface area contributed by atoms with Gasteiger partial charge in [0, 0.05) is 10.5 Å². The fourth-order valence-electron chi connectivity index (χ4n) is 1.53. The smallest absolute Gasteiger partial charge is 0.310 e. The third-order valence-corrected chi connectivity index (χ3v) is 4.81. The van der Waals surface area contributed by atoms with Crippen LogP contribution in [0.25, 0.3) is 0 Å². The molecule has 0 aliphatic carbocycles. The first-order valence-electron chi connectivity index (χ1n) is 4.76. The number of carbonyl (C=O) groups is 1. The number of esters is 1. The van der Waals surface area contributed by atoms with Crippen LogP contribution in [0.5, 0.6) is 0 Å². The highest BCUT2D eigenvalue weighted by atomic mass is 32.2. The normalized spacial score (nSPS) is 27.9. The Morgan fingerprint density at radius 1 is 1.50 bits per heavy atom. The zero-order valence-electron chi connectivity index (χ0n) is 9.20. The minimum absolute atomic E-state index is 0.00789. The Bertz CT molecular complexity index is 216. The van der Waals surface area contributed by atoms with Gasteiger partial charge in [0.05, 0.1) is 5.92 Å². The molecule has 0 radical (unpaired) electrons. The molecule has 1 saturated heterocycles. The first-order valence-corrected chi connectivity index (χ1v) is 7.37. The van der Waals surface area contributed by atoms with Crippen LogP contribution in [0.3, 0.4) is 0 Å². The molecular weight excluding hydrogens is 216 g/mol. The van der Waals surface area contributed by atoms with Gasteiger partial charge in [-0.2, -0.15) is 23.5 Å². The van der Waals surface area contributed by atoms with Gasteiger partial charge in [-0.25, -0.2) is 0 Å². The highest BCUT2D eigenvalue weighted by Crippen LogP contribution is 2.36. The van der Waals surface area contributed by atoms with Crippen LogP contribution in [0.2, 0.25) is 0 Å². The molecule has 0 unspecified atom stereocenters. The van der Waals surface area contributed by atoms with E-state index >= 15 is 0 Å². The van der Waals surface area contributed by atoms with Gasteiger partial charge in [-0.15, -0.1) is 0 Å². The summed E-state index contributed by atoms with van der Waals surface area (Å²) < 4.78 is 5.45. The number of carbonyl (C=O) groups excluding carboxylic acids is 1. The third kappa shape index (κ3) is 2.60. The molecule has 2 atom stereocenters. The maximum absolute atomic E-state index is 11.5. The summed E-state index contributed by atoms with van der Waals surface area (Å²) in [7, 11) is 0. The monoisotopic (exact) mass is 234 g/mol. The molecule has 1 fully saturated rings. The van der Waals surface area contributed by atoms with Crippen molar-refractivity contribution in [1.82, 2.24) is 0 Å². The molecule has 1 heterocycles. The molecule has 82 valence electrons. The van der Waals surface area contributed by atoms with Crippen LogP contribution in [0.15, 0.2) is 0 Å². The minimum Gasteiger partial charge on any atom is -0.461 e. The van der Waals surface area contributed by atoms with E-state index in [2.05, 4.69) is 20.1 Å². The number of thioether (sulfide) groups is 2. The fourth-order valence-corrected chi connectivity index (χ4v) is 2.62. The average Bonchev–Trinajstić information content (AvgIpc) is 2.49. The van der Waals surface area contributed by atoms with Crippen LogP contribution >= 0.6 is 23.5 Å². The summed E-state index contributed by atoms with van der Waals surface area (Å²) in [4.78, 5) is 11.5. The van der Waals surface area contributed by atoms with Crippen molar-refractivity contribution in [2.75, 3.05) is 18.3 Å². The summed E-state index contributed by atoms with van der Waals surface area (Å²) in [6, 6.07) is 0. The lowest BCUT2D eigenvalue weighted by Gasteiger charge is -2.27. The Morgan fingerprint density at radius 2 is 2.14 bits per heavy atom. The van der Waals surface area contributed by atoms with Crippen molar-refractivity contribution in [2.24, 2.45) is 5.92 Å². The SMILES string of the molecule is CSC[C@H]1C[C@@H](C(C)(C)SC)OC1=O. The van der Waals surface area contributed by atoms with Crippen LogP contribution in [0.4, 0.5) is 0 Å². The Hall–Kier alpha value is 0.170. The van der Waals surface area contributed by atoms with Gasteiger partial charge >= 0.3 is 5.97 Å². The maximum Gasteiger partial charge on any atom is 0.310 e. The largest absolute Gasteiger partial charge is 0.461 e. The first-order chi connectivity index (χ1) is 6.51. The van der Waals surface area contributed by atoms with Crippen molar-refractivity contribution >= 4 is 29.5 Å². The third-order valence-electron chi connectivity index (χ3n) is 2.76. The van der Waals surface area contributed by atoms with Gasteiger partial charge < -0.3 is 4.74 Å². The average molecular weight is 234 g/mol. The highest BCUT2D eigenvalue weighted by molar-refractivity contribution is 8.00. The summed E-state index contributed by atoms with van der Waals surface area (Å²) in [6.07, 6.45) is 5.06. The molecule has 0 saturated carbocycles. The zero-order valence-corrected chi connectivity index (χ0v) is 10.8. The van der Waals surface area contributed by atoms with Crippen molar-refractivity contribution in [3.63, 3.8) is 0 Å². The predicted octanol–water partition coefficient (Wildman–Crippen LogP) is 2.42. The minimum atomic E-state index is -0.00789. The summed E-state index contributed by atoms with van der Waals surface area (Å²) in [6.45, 7) is 4.27. The van der Waals surface area contributed by atoms with E-state index in [4.69, 9.17) is 4.74 Å². The maximum atomic E-state index is 11.5. The van der Waals surface area contributed by atoms with Gasteiger partial charge in [-0.3, -0.25) is 4.79 Å². The molecule has 0 aromatic heterocycles. The summed E-state index contributed by atoms with van der Waals surface area (Å²) in [5.74, 6) is 0.993. The van der Waals surface area contributed by atoms with E-state index in [0.717, 1.165) is 12.2 Å². The van der Waals surface area contributed by atoms with E-state index in [-0.39, 0.29) is 22.7 Å². The van der Waals surface area contributed by atoms with E-state index in [0.29, 0.717) is 0 Å². The van der Waals surface area contributed by atoms with Crippen molar-refractivity contribution in [3.8, 4) is 0 Å². The Morgan fingerprint density at radius 3 is 2.64 bits per heavy atom. The molecule has 0 amide bonds. The quantitative estimate of drug-likeness (QED) is 0.698. The Kier molecular flexibility index (Phi) is 4.19. The van der Waals surface area contributed by atoms with E-state index in [1.54, 1.807) is 23.5 Å². The van der Waals surface area contributed by atoms with Crippen molar-refractivity contribution in [2.45, 2.75) is 31.1 Å². The molecule has 0 N–H and O–H groups in total. The first kappa shape index (κ1) is 12.2. The number of hydrogen-bond acceptors (Lipinski definition) is 4. The lowest BCUT2D eigenvalue weighted by Crippen LogP contribution is -2.32. The van der Waals surface area contributed by atoms with E-state index < -0.39 is 0 Å². The van der Waals surface area contributed by atoms with Gasteiger partial charge in [-0.1, -0.05) is 0 Å². The van der Waals surface area contributed by atoms with Crippen LogP contribution in [-0.2, 0) is 9.53 Å². The molecule has 1 aliphatic heterocycles. The van der Waals surface area contributed by atoms with Gasteiger partial charge in [0.15, 0.2) is 0 Å². The molecule has 4 heteroatoms. The van der Waals surface area contributed by atoms with E-state index in [1.165, 1.54) is 0 Å². The second kappa shape index (κ2) is 4.79. The lowest BCUT2D eigenvalue weighted by atomic mass is 9.99. The van der Waals surface area contributed by atoms with Gasteiger partial charge in [0.1, 0.15) is 6.10 Å². The molecule has 14 heavy (non-hydrogen) atoms. The van der Waals surface area contributed by atoms with Crippen LogP contribution in [-0.4, -0.2) is 35.1 Å². The molecule has 0 aromatic rings. The van der Waals surface area contributed by atoms with Gasteiger partial charge in [-0.05, 0) is 32.8 Å². The Labute approximate surface area is 94.5 Å². The van der Waals surface area contributed by atoms with Crippen LogP contribution < -0.4 is 0 Å². The summed E-state index contributed by atoms with van der Waals surface area (Å²) in [5, 5.41) is 0. The number of ether oxygens (including phenoxy) is 1. The molecular formula is C10H18O2S2. The second-order valence-corrected chi connectivity index (χ2v) is 6.49. The number of hydrogen-bond donors (Lipinski definition) is 0. The molecule has 0 spiro atoms. The molecule has 0 aromatic carbocycles. The molecule has 2 nitrogen and oxygen atoms in total. The standard InChI is InChI=1S/C10H18O2S2/c1-10(2,14-4)8-5-7(6-13-3)9(11)12-8/h7-8H,5-6H2,1-4H3/t7-,8+/m1/s1. The summed E-state index contributed by atoms with van der Waals surface area (Å²) in [5.41, 5.74) is 0. The van der Waals surface area contributed by atoms with E-state index in [1.807, 2.05) is 6.26 Å². The second-order valence-electron chi connectivity index (χ2n) is 4.12. The van der Waals surface area contributed by atoms with Crippen molar-refractivity contribution < 1.29 is 9.53 Å². The topological polar surface area (TPSA) is 26.3 Å².